The van der Waals surface area contributed by atoms with E-state index in [4.69, 9.17) is 4.89 Å². The van der Waals surface area contributed by atoms with Crippen LogP contribution in [0.25, 0.3) is 0 Å². The van der Waals surface area contributed by atoms with Crippen molar-refractivity contribution in [1.29, 1.82) is 0 Å². The fourth-order valence-electron chi connectivity index (χ4n) is 0.811. The highest BCUT2D eigenvalue weighted by Crippen LogP contribution is 2.60. The van der Waals surface area contributed by atoms with Crippen molar-refractivity contribution in [3.05, 3.63) is 0 Å². The maximum Gasteiger partial charge on any atom is 0.477 e. The van der Waals surface area contributed by atoms with Crippen LogP contribution in [0.3, 0.4) is 0 Å². The third kappa shape index (κ3) is 1.06. The molecule has 0 radical (unpaired) electrons. The fraction of sp³-hybridized carbons (Fsp3) is 1.00. The minimum atomic E-state index is -3.54. The minimum Gasteiger partial charge on any atom is -0.318 e. The molecule has 2 rings (SSSR count). The quantitative estimate of drug-likeness (QED) is 0.440. The van der Waals surface area contributed by atoms with Gasteiger partial charge in [0.2, 0.25) is 0 Å². The summed E-state index contributed by atoms with van der Waals surface area (Å²) in [6, 6.07) is 0. The lowest BCUT2D eigenvalue weighted by Crippen LogP contribution is -2.30. The van der Waals surface area contributed by atoms with Crippen LogP contribution in [0.1, 0.15) is 12.8 Å². The molecule has 0 amide bonds. The van der Waals surface area contributed by atoms with Crippen molar-refractivity contribution in [2.75, 3.05) is 0 Å². The van der Waals surface area contributed by atoms with Crippen LogP contribution in [-0.2, 0) is 13.4 Å². The molecule has 0 aromatic rings. The van der Waals surface area contributed by atoms with E-state index in [0.717, 1.165) is 12.8 Å². The van der Waals surface area contributed by atoms with E-state index >= 15 is 0 Å². The Hall–Kier alpha value is 0.175. The van der Waals surface area contributed by atoms with Gasteiger partial charge >= 0.3 is 14.9 Å². The molecule has 2 aliphatic rings. The normalized spacial score (nSPS) is 31.9. The molecule has 0 unspecified atom stereocenters. The molecule has 0 aromatic carbocycles. The van der Waals surface area contributed by atoms with E-state index in [1.165, 1.54) is 0 Å². The number of hydrogen-bond acceptors (Lipinski definition) is 3. The molecular formula is C3H6BO4P. The molecule has 1 heterocycles. The number of hydrogen-bond donors (Lipinski definition) is 1. The molecule has 0 spiro atoms. The lowest BCUT2D eigenvalue weighted by atomic mass is 9.84. The van der Waals surface area contributed by atoms with Crippen LogP contribution in [-0.4, -0.2) is 12.0 Å². The van der Waals surface area contributed by atoms with Gasteiger partial charge in [-0.1, -0.05) is 12.8 Å². The van der Waals surface area contributed by atoms with Crippen molar-refractivity contribution in [2.24, 2.45) is 0 Å². The van der Waals surface area contributed by atoms with Gasteiger partial charge in [-0.15, -0.1) is 0 Å². The Morgan fingerprint density at radius 1 is 1.56 bits per heavy atom. The first kappa shape index (κ1) is 5.92. The van der Waals surface area contributed by atoms with Crippen molar-refractivity contribution >= 4 is 14.9 Å². The fourth-order valence-corrected chi connectivity index (χ4v) is 1.70. The predicted octanol–water partition coefficient (Wildman–Crippen LogP) is 0.786. The van der Waals surface area contributed by atoms with Crippen molar-refractivity contribution in [2.45, 2.75) is 18.7 Å². The molecule has 9 heavy (non-hydrogen) atoms. The van der Waals surface area contributed by atoms with Crippen molar-refractivity contribution in [3.63, 3.8) is 0 Å². The zero-order chi connectivity index (χ0) is 6.48. The Morgan fingerprint density at radius 3 is 2.44 bits per heavy atom. The van der Waals surface area contributed by atoms with E-state index in [1.54, 1.807) is 0 Å². The molecule has 1 aliphatic carbocycles. The first-order chi connectivity index (χ1) is 4.17. The molecule has 1 aliphatic heterocycles. The van der Waals surface area contributed by atoms with E-state index < -0.39 is 7.82 Å². The van der Waals surface area contributed by atoms with Crippen LogP contribution >= 0.6 is 7.82 Å². The van der Waals surface area contributed by atoms with Gasteiger partial charge in [-0.25, -0.2) is 4.57 Å². The zero-order valence-corrected chi connectivity index (χ0v) is 5.58. The second-order valence-corrected chi connectivity index (χ2v) is 3.74. The maximum atomic E-state index is 10.3. The lowest BCUT2D eigenvalue weighted by molar-refractivity contribution is 0.201. The SMILES string of the molecule is O=P1(O)OB(C2CC2)O1. The van der Waals surface area contributed by atoms with Crippen LogP contribution in [0.15, 0.2) is 0 Å². The van der Waals surface area contributed by atoms with Crippen LogP contribution < -0.4 is 0 Å². The van der Waals surface area contributed by atoms with E-state index in [1.807, 2.05) is 0 Å². The van der Waals surface area contributed by atoms with Gasteiger partial charge in [0.1, 0.15) is 0 Å². The second-order valence-electron chi connectivity index (χ2n) is 2.39. The Labute approximate surface area is 52.9 Å². The first-order valence-corrected chi connectivity index (χ1v) is 4.36. The Morgan fingerprint density at radius 2 is 2.11 bits per heavy atom. The summed E-state index contributed by atoms with van der Waals surface area (Å²) < 4.78 is 19.4. The molecule has 2 fully saturated rings. The topological polar surface area (TPSA) is 55.8 Å². The van der Waals surface area contributed by atoms with Gasteiger partial charge in [0, 0.05) is 0 Å². The van der Waals surface area contributed by atoms with E-state index in [2.05, 4.69) is 8.88 Å². The summed E-state index contributed by atoms with van der Waals surface area (Å²) in [4.78, 5) is 8.47. The third-order valence-corrected chi connectivity index (χ3v) is 2.43. The van der Waals surface area contributed by atoms with Crippen LogP contribution in [0.5, 0.6) is 0 Å². The maximum absolute atomic E-state index is 10.3. The van der Waals surface area contributed by atoms with Gasteiger partial charge in [-0.05, 0) is 5.82 Å². The largest absolute Gasteiger partial charge is 0.477 e. The van der Waals surface area contributed by atoms with Gasteiger partial charge in [0.25, 0.3) is 0 Å². The van der Waals surface area contributed by atoms with E-state index in [9.17, 15) is 4.57 Å². The number of rotatable bonds is 1. The van der Waals surface area contributed by atoms with Crippen LogP contribution in [0.2, 0.25) is 5.82 Å². The van der Waals surface area contributed by atoms with Crippen LogP contribution in [0.4, 0.5) is 0 Å². The van der Waals surface area contributed by atoms with E-state index in [-0.39, 0.29) is 7.12 Å². The van der Waals surface area contributed by atoms with Gasteiger partial charge < -0.3 is 13.8 Å². The highest BCUT2D eigenvalue weighted by Gasteiger charge is 2.54. The third-order valence-electron chi connectivity index (χ3n) is 1.48. The average molecular weight is 148 g/mol. The summed E-state index contributed by atoms with van der Waals surface area (Å²) in [5.41, 5.74) is 0. The number of phosphoric acid groups is 1. The molecule has 6 heteroatoms. The summed E-state index contributed by atoms with van der Waals surface area (Å²) >= 11 is 0. The monoisotopic (exact) mass is 148 g/mol. The summed E-state index contributed by atoms with van der Waals surface area (Å²) in [6.45, 7) is 0. The van der Waals surface area contributed by atoms with Gasteiger partial charge in [-0.3, -0.25) is 0 Å². The standard InChI is InChI=1S/C3H6BO4P/c5-9(6)7-4(8-9)3-1-2-3/h3H,1-2H2,(H,5,6). The van der Waals surface area contributed by atoms with Crippen molar-refractivity contribution < 1.29 is 18.3 Å². The van der Waals surface area contributed by atoms with Gasteiger partial charge in [-0.2, -0.15) is 0 Å². The first-order valence-electron chi connectivity index (χ1n) is 2.87. The van der Waals surface area contributed by atoms with Crippen molar-refractivity contribution in [3.8, 4) is 0 Å². The Bertz CT molecular complexity index is 169. The molecular weight excluding hydrogens is 142 g/mol. The average Bonchev–Trinajstić information content (AvgIpc) is 2.37. The summed E-state index contributed by atoms with van der Waals surface area (Å²) in [7, 11) is -3.91. The highest BCUT2D eigenvalue weighted by molar-refractivity contribution is 7.53. The van der Waals surface area contributed by atoms with Crippen molar-refractivity contribution in [1.82, 2.24) is 0 Å². The van der Waals surface area contributed by atoms with Gasteiger partial charge in [0.05, 0.1) is 0 Å². The second kappa shape index (κ2) is 1.61. The molecule has 0 aromatic heterocycles. The smallest absolute Gasteiger partial charge is 0.318 e. The summed E-state index contributed by atoms with van der Waals surface area (Å²) in [6.07, 6.45) is 2.12. The van der Waals surface area contributed by atoms with E-state index in [0.29, 0.717) is 5.82 Å². The zero-order valence-electron chi connectivity index (χ0n) is 4.69. The van der Waals surface area contributed by atoms with Crippen LogP contribution in [0, 0.1) is 0 Å². The summed E-state index contributed by atoms with van der Waals surface area (Å²) in [5, 5.41) is 0. The van der Waals surface area contributed by atoms with Gasteiger partial charge in [0.15, 0.2) is 0 Å². The Balaban J connectivity index is 1.89. The molecule has 50 valence electrons. The Kier molecular flexibility index (Phi) is 1.06. The predicted molar refractivity (Wildman–Crippen MR) is 30.7 cm³/mol. The molecule has 0 bridgehead atoms. The minimum absolute atomic E-state index is 0.374. The highest BCUT2D eigenvalue weighted by atomic mass is 31.2. The molecule has 0 atom stereocenters. The molecule has 1 saturated carbocycles. The molecule has 1 saturated heterocycles. The summed E-state index contributed by atoms with van der Waals surface area (Å²) in [5.74, 6) is 0.388. The molecule has 1 N–H and O–H groups in total. The molecule has 4 nitrogen and oxygen atoms in total. The lowest BCUT2D eigenvalue weighted by Gasteiger charge is -2.27.